The van der Waals surface area contributed by atoms with Gasteiger partial charge in [0.05, 0.1) is 6.42 Å². The lowest BCUT2D eigenvalue weighted by atomic mass is 9.86. The number of cyclic esters (lactones) is 1. The van der Waals surface area contributed by atoms with Gasteiger partial charge in [-0.2, -0.15) is 0 Å². The van der Waals surface area contributed by atoms with Gasteiger partial charge in [0.25, 0.3) is 0 Å². The first-order valence-electron chi connectivity index (χ1n) is 8.21. The number of hydrogen-bond acceptors (Lipinski definition) is 5. The van der Waals surface area contributed by atoms with E-state index in [1.54, 1.807) is 20.8 Å². The molecule has 1 heterocycles. The Hall–Kier alpha value is -2.17. The first-order valence-corrected chi connectivity index (χ1v) is 8.21. The quantitative estimate of drug-likeness (QED) is 0.775. The maximum absolute atomic E-state index is 12.6. The summed E-state index contributed by atoms with van der Waals surface area (Å²) < 4.78 is 10.8. The van der Waals surface area contributed by atoms with Crippen LogP contribution in [0.1, 0.15) is 53.0 Å². The van der Waals surface area contributed by atoms with E-state index in [4.69, 9.17) is 9.47 Å². The zero-order valence-corrected chi connectivity index (χ0v) is 15.0. The van der Waals surface area contributed by atoms with Gasteiger partial charge < -0.3 is 9.47 Å². The monoisotopic (exact) mass is 331 g/mol. The lowest BCUT2D eigenvalue weighted by Crippen LogP contribution is -2.39. The van der Waals surface area contributed by atoms with E-state index in [0.717, 1.165) is 5.56 Å². The van der Waals surface area contributed by atoms with Crippen molar-refractivity contribution in [1.82, 2.24) is 0 Å². The minimum absolute atomic E-state index is 0.113. The van der Waals surface area contributed by atoms with Crippen molar-refractivity contribution in [3.05, 3.63) is 35.9 Å². The molecule has 1 atom stereocenters. The van der Waals surface area contributed by atoms with Crippen molar-refractivity contribution >= 4 is 17.8 Å². The number of benzene rings is 1. The molecular formula is C19H25NO4. The van der Waals surface area contributed by atoms with Gasteiger partial charge in [0.2, 0.25) is 5.90 Å². The molecule has 0 unspecified atom stereocenters. The molecule has 24 heavy (non-hydrogen) atoms. The molecule has 0 spiro atoms. The molecule has 0 saturated heterocycles. The third-order valence-corrected chi connectivity index (χ3v) is 3.51. The van der Waals surface area contributed by atoms with E-state index < -0.39 is 23.1 Å². The molecule has 130 valence electrons. The number of hydrogen-bond donors (Lipinski definition) is 0. The summed E-state index contributed by atoms with van der Waals surface area (Å²) in [4.78, 5) is 29.4. The van der Waals surface area contributed by atoms with E-state index in [0.29, 0.717) is 6.42 Å². The predicted molar refractivity (Wildman–Crippen MR) is 91.7 cm³/mol. The summed E-state index contributed by atoms with van der Waals surface area (Å²) in [7, 11) is 0. The second-order valence-electron chi connectivity index (χ2n) is 7.57. The molecule has 5 nitrogen and oxygen atoms in total. The molecule has 1 aromatic rings. The fourth-order valence-corrected chi connectivity index (χ4v) is 2.75. The molecule has 0 amide bonds. The van der Waals surface area contributed by atoms with E-state index in [2.05, 4.69) is 4.99 Å². The molecular weight excluding hydrogens is 306 g/mol. The first-order chi connectivity index (χ1) is 11.1. The van der Waals surface area contributed by atoms with Crippen LogP contribution in [0.4, 0.5) is 0 Å². The van der Waals surface area contributed by atoms with E-state index >= 15 is 0 Å². The number of carbonyl (C=O) groups excluding carboxylic acids is 2. The van der Waals surface area contributed by atoms with Crippen molar-refractivity contribution in [1.29, 1.82) is 0 Å². The summed E-state index contributed by atoms with van der Waals surface area (Å²) in [5.41, 5.74) is -1.09. The topological polar surface area (TPSA) is 65.0 Å². The Kier molecular flexibility index (Phi) is 5.11. The zero-order valence-electron chi connectivity index (χ0n) is 15.0. The highest BCUT2D eigenvalue weighted by Gasteiger charge is 2.49. The van der Waals surface area contributed by atoms with Crippen molar-refractivity contribution in [3.63, 3.8) is 0 Å². The molecule has 5 heteroatoms. The first kappa shape index (κ1) is 18.2. The molecule has 0 fully saturated rings. The fraction of sp³-hybridized carbons (Fsp3) is 0.526. The van der Waals surface area contributed by atoms with E-state index in [-0.39, 0.29) is 18.2 Å². The summed E-state index contributed by atoms with van der Waals surface area (Å²) in [5, 5.41) is 0. The molecule has 0 aromatic heterocycles. The van der Waals surface area contributed by atoms with E-state index in [1.807, 2.05) is 44.2 Å². The van der Waals surface area contributed by atoms with Gasteiger partial charge in [0, 0.05) is 5.56 Å². The molecule has 1 aliphatic rings. The smallest absolute Gasteiger partial charge is 0.341 e. The van der Waals surface area contributed by atoms with Crippen LogP contribution < -0.4 is 0 Å². The van der Waals surface area contributed by atoms with Crippen molar-refractivity contribution in [2.45, 2.75) is 58.6 Å². The van der Waals surface area contributed by atoms with Crippen molar-refractivity contribution < 1.29 is 19.1 Å². The molecule has 0 N–H and O–H groups in total. The summed E-state index contributed by atoms with van der Waals surface area (Å²) >= 11 is 0. The molecule has 1 aliphatic heterocycles. The molecule has 0 aliphatic carbocycles. The van der Waals surface area contributed by atoms with Crippen LogP contribution in [0.2, 0.25) is 0 Å². The minimum Gasteiger partial charge on any atom is -0.460 e. The maximum Gasteiger partial charge on any atom is 0.341 e. The van der Waals surface area contributed by atoms with Crippen molar-refractivity contribution in [3.8, 4) is 0 Å². The van der Waals surface area contributed by atoms with Crippen LogP contribution >= 0.6 is 0 Å². The standard InChI is InChI=1S/C19H25NO4/c1-13(2)11-19(12-15(21)24-18(3,4)5)17(22)23-16(20-19)14-9-7-6-8-10-14/h6-10,13H,11-12H2,1-5H3/t19-/m1/s1. The second kappa shape index (κ2) is 6.75. The van der Waals surface area contributed by atoms with Crippen LogP contribution in [0.3, 0.4) is 0 Å². The van der Waals surface area contributed by atoms with E-state index in [1.165, 1.54) is 0 Å². The van der Waals surface area contributed by atoms with Crippen molar-refractivity contribution in [2.24, 2.45) is 10.9 Å². The van der Waals surface area contributed by atoms with Gasteiger partial charge >= 0.3 is 11.9 Å². The Morgan fingerprint density at radius 1 is 1.25 bits per heavy atom. The summed E-state index contributed by atoms with van der Waals surface area (Å²) in [6.07, 6.45) is 0.318. The molecule has 2 rings (SSSR count). The number of rotatable bonds is 5. The Morgan fingerprint density at radius 3 is 2.42 bits per heavy atom. The number of nitrogens with zero attached hydrogens (tertiary/aromatic N) is 1. The Morgan fingerprint density at radius 2 is 1.88 bits per heavy atom. The number of carbonyl (C=O) groups is 2. The molecule has 0 radical (unpaired) electrons. The Bertz CT molecular complexity index is 643. The minimum atomic E-state index is -1.21. The Balaban J connectivity index is 2.31. The summed E-state index contributed by atoms with van der Waals surface area (Å²) in [6, 6.07) is 9.23. The average Bonchev–Trinajstić information content (AvgIpc) is 2.73. The van der Waals surface area contributed by atoms with Crippen LogP contribution in [0, 0.1) is 5.92 Å². The van der Waals surface area contributed by atoms with Crippen LogP contribution in [0.5, 0.6) is 0 Å². The van der Waals surface area contributed by atoms with Crippen LogP contribution in [-0.2, 0) is 19.1 Å². The van der Waals surface area contributed by atoms with Gasteiger partial charge in [-0.1, -0.05) is 32.0 Å². The highest BCUT2D eigenvalue weighted by Crippen LogP contribution is 2.34. The summed E-state index contributed by atoms with van der Waals surface area (Å²) in [6.45, 7) is 9.36. The van der Waals surface area contributed by atoms with Gasteiger partial charge in [-0.05, 0) is 45.2 Å². The zero-order chi connectivity index (χ0) is 18.0. The number of ether oxygens (including phenoxy) is 2. The highest BCUT2D eigenvalue weighted by atomic mass is 16.6. The SMILES string of the molecule is CC(C)C[C@]1(CC(=O)OC(C)(C)C)N=C(c2ccccc2)OC1=O. The lowest BCUT2D eigenvalue weighted by molar-refractivity contribution is -0.159. The van der Waals surface area contributed by atoms with Crippen LogP contribution in [0.15, 0.2) is 35.3 Å². The lowest BCUT2D eigenvalue weighted by Gasteiger charge is -2.26. The van der Waals surface area contributed by atoms with Gasteiger partial charge in [0.1, 0.15) is 5.60 Å². The third kappa shape index (κ3) is 4.43. The second-order valence-corrected chi connectivity index (χ2v) is 7.57. The average molecular weight is 331 g/mol. The largest absolute Gasteiger partial charge is 0.460 e. The highest BCUT2D eigenvalue weighted by molar-refractivity contribution is 6.08. The third-order valence-electron chi connectivity index (χ3n) is 3.51. The summed E-state index contributed by atoms with van der Waals surface area (Å²) in [5.74, 6) is -0.484. The van der Waals surface area contributed by atoms with Crippen LogP contribution in [-0.4, -0.2) is 29.0 Å². The maximum atomic E-state index is 12.6. The van der Waals surface area contributed by atoms with E-state index in [9.17, 15) is 9.59 Å². The molecule has 0 bridgehead atoms. The van der Waals surface area contributed by atoms with Gasteiger partial charge in [-0.25, -0.2) is 9.79 Å². The van der Waals surface area contributed by atoms with Gasteiger partial charge in [-0.3, -0.25) is 4.79 Å². The number of aliphatic imine (C=N–C) groups is 1. The molecule has 1 aromatic carbocycles. The fourth-order valence-electron chi connectivity index (χ4n) is 2.75. The number of esters is 2. The molecule has 0 saturated carbocycles. The normalized spacial score (nSPS) is 20.8. The van der Waals surface area contributed by atoms with Crippen molar-refractivity contribution in [2.75, 3.05) is 0 Å². The predicted octanol–water partition coefficient (Wildman–Crippen LogP) is 3.51. The Labute approximate surface area is 143 Å². The van der Waals surface area contributed by atoms with Gasteiger partial charge in [0.15, 0.2) is 5.54 Å². The van der Waals surface area contributed by atoms with Gasteiger partial charge in [-0.15, -0.1) is 0 Å². The van der Waals surface area contributed by atoms with Crippen LogP contribution in [0.25, 0.3) is 0 Å².